The van der Waals surface area contributed by atoms with Crippen LogP contribution in [0.2, 0.25) is 0 Å². The number of hydrogen-bond acceptors (Lipinski definition) is 3. The van der Waals surface area contributed by atoms with Gasteiger partial charge < -0.3 is 9.80 Å². The molecule has 4 nitrogen and oxygen atoms in total. The van der Waals surface area contributed by atoms with Crippen LogP contribution in [0.4, 0.5) is 5.69 Å². The number of fused-ring (bicyclic) bond motifs is 1. The van der Waals surface area contributed by atoms with Crippen molar-refractivity contribution < 1.29 is 9.59 Å². The fraction of sp³-hybridized carbons (Fsp3) is 0.267. The molecule has 2 amide bonds. The number of amides is 2. The zero-order valence-electron chi connectivity index (χ0n) is 20.2. The summed E-state index contributed by atoms with van der Waals surface area (Å²) in [4.78, 5) is 31.7. The second kappa shape index (κ2) is 10.1. The smallest absolute Gasteiger partial charge is 0.264 e. The van der Waals surface area contributed by atoms with E-state index in [-0.39, 0.29) is 11.8 Å². The Morgan fingerprint density at radius 2 is 1.77 bits per heavy atom. The van der Waals surface area contributed by atoms with Crippen LogP contribution in [0.1, 0.15) is 39.9 Å². The van der Waals surface area contributed by atoms with Crippen LogP contribution >= 0.6 is 11.8 Å². The van der Waals surface area contributed by atoms with E-state index in [9.17, 15) is 9.59 Å². The van der Waals surface area contributed by atoms with Gasteiger partial charge in [-0.05, 0) is 67.5 Å². The van der Waals surface area contributed by atoms with Crippen LogP contribution in [0.25, 0.3) is 6.08 Å². The van der Waals surface area contributed by atoms with Gasteiger partial charge in [-0.15, -0.1) is 0 Å². The molecular weight excluding hydrogens is 452 g/mol. The summed E-state index contributed by atoms with van der Waals surface area (Å²) in [5, 5.41) is 0. The van der Waals surface area contributed by atoms with E-state index in [2.05, 4.69) is 30.3 Å². The van der Waals surface area contributed by atoms with Crippen molar-refractivity contribution >= 4 is 35.3 Å². The van der Waals surface area contributed by atoms with Gasteiger partial charge in [0.15, 0.2) is 0 Å². The lowest BCUT2D eigenvalue weighted by Crippen LogP contribution is -2.39. The lowest BCUT2D eigenvalue weighted by Gasteiger charge is -2.33. The molecule has 0 atom stereocenters. The van der Waals surface area contributed by atoms with E-state index in [0.717, 1.165) is 54.1 Å². The molecule has 5 rings (SSSR count). The van der Waals surface area contributed by atoms with Gasteiger partial charge in [0, 0.05) is 30.6 Å². The number of nitrogens with zero attached hydrogens (tertiary/aromatic N) is 2. The average Bonchev–Trinajstić information content (AvgIpc) is 2.88. The first-order valence-corrected chi connectivity index (χ1v) is 13.0. The van der Waals surface area contributed by atoms with E-state index in [4.69, 9.17) is 0 Å². The molecule has 1 fully saturated rings. The number of piperidine rings is 1. The number of rotatable bonds is 4. The quantitative estimate of drug-likeness (QED) is 0.416. The SMILES string of the molecule is Cc1cccc(C=C2Sc3ccc(C(=O)N4CCC(Cc5ccccc5)CC4)cc3N(C)C2=O)c1. The second-order valence-electron chi connectivity index (χ2n) is 9.50. The Balaban J connectivity index is 1.28. The average molecular weight is 483 g/mol. The zero-order valence-corrected chi connectivity index (χ0v) is 21.1. The molecule has 0 bridgehead atoms. The zero-order chi connectivity index (χ0) is 24.4. The standard InChI is InChI=1S/C30H30N2O2S/c1-21-7-6-10-24(17-21)19-28-30(34)31(2)26-20-25(11-12-27(26)35-28)29(33)32-15-13-23(14-16-32)18-22-8-4-3-5-9-22/h3-12,17,19-20,23H,13-16,18H2,1-2H3. The van der Waals surface area contributed by atoms with Gasteiger partial charge in [0.1, 0.15) is 0 Å². The fourth-order valence-corrected chi connectivity index (χ4v) is 6.00. The molecule has 0 unspecified atom stereocenters. The lowest BCUT2D eigenvalue weighted by molar-refractivity contribution is -0.114. The van der Waals surface area contributed by atoms with E-state index < -0.39 is 0 Å². The minimum absolute atomic E-state index is 0.0460. The van der Waals surface area contributed by atoms with Gasteiger partial charge in [0.25, 0.3) is 11.8 Å². The van der Waals surface area contributed by atoms with Crippen LogP contribution in [0.15, 0.2) is 82.6 Å². The Morgan fingerprint density at radius 3 is 2.51 bits per heavy atom. The molecule has 0 N–H and O–H groups in total. The lowest BCUT2D eigenvalue weighted by atomic mass is 9.90. The van der Waals surface area contributed by atoms with Crippen LogP contribution in [0, 0.1) is 12.8 Å². The summed E-state index contributed by atoms with van der Waals surface area (Å²) < 4.78 is 0. The Bertz CT molecular complexity index is 1280. The van der Waals surface area contributed by atoms with Crippen LogP contribution < -0.4 is 4.90 Å². The van der Waals surface area contributed by atoms with Crippen molar-refractivity contribution in [3.63, 3.8) is 0 Å². The number of thioether (sulfide) groups is 1. The molecule has 0 radical (unpaired) electrons. The minimum Gasteiger partial charge on any atom is -0.339 e. The van der Waals surface area contributed by atoms with Crippen molar-refractivity contribution in [1.82, 2.24) is 4.90 Å². The molecule has 0 spiro atoms. The maximum absolute atomic E-state index is 13.3. The van der Waals surface area contributed by atoms with Crippen molar-refractivity contribution in [1.29, 1.82) is 0 Å². The number of hydrogen-bond donors (Lipinski definition) is 0. The van der Waals surface area contributed by atoms with Gasteiger partial charge in [-0.3, -0.25) is 9.59 Å². The van der Waals surface area contributed by atoms with Gasteiger partial charge in [-0.2, -0.15) is 0 Å². The van der Waals surface area contributed by atoms with Crippen LogP contribution in [-0.2, 0) is 11.2 Å². The number of aryl methyl sites for hydroxylation is 1. The minimum atomic E-state index is -0.0460. The maximum atomic E-state index is 13.3. The molecule has 3 aromatic rings. The molecule has 2 aliphatic rings. The Labute approximate surface area is 211 Å². The summed E-state index contributed by atoms with van der Waals surface area (Å²) in [6.45, 7) is 3.60. The molecule has 2 heterocycles. The molecular formula is C30H30N2O2S. The number of anilines is 1. The first kappa shape index (κ1) is 23.4. The highest BCUT2D eigenvalue weighted by molar-refractivity contribution is 8.04. The molecule has 0 aromatic heterocycles. The monoisotopic (exact) mass is 482 g/mol. The highest BCUT2D eigenvalue weighted by atomic mass is 32.2. The molecule has 178 valence electrons. The first-order chi connectivity index (χ1) is 17.0. The van der Waals surface area contributed by atoms with Gasteiger partial charge >= 0.3 is 0 Å². The van der Waals surface area contributed by atoms with Crippen molar-refractivity contribution in [2.24, 2.45) is 5.92 Å². The second-order valence-corrected chi connectivity index (χ2v) is 10.6. The highest BCUT2D eigenvalue weighted by Gasteiger charge is 2.29. The normalized spacial score (nSPS) is 17.5. The third kappa shape index (κ3) is 5.20. The molecule has 1 saturated heterocycles. The van der Waals surface area contributed by atoms with E-state index in [1.165, 1.54) is 17.3 Å². The van der Waals surface area contributed by atoms with E-state index in [1.807, 2.05) is 60.4 Å². The molecule has 5 heteroatoms. The highest BCUT2D eigenvalue weighted by Crippen LogP contribution is 2.42. The Morgan fingerprint density at radius 1 is 1.00 bits per heavy atom. The Kier molecular flexibility index (Phi) is 6.78. The number of likely N-dealkylation sites (tertiary alicyclic amines) is 1. The third-order valence-corrected chi connectivity index (χ3v) is 7.99. The van der Waals surface area contributed by atoms with E-state index in [1.54, 1.807) is 11.9 Å². The molecule has 0 aliphatic carbocycles. The fourth-order valence-electron chi connectivity index (χ4n) is 4.91. The number of likely N-dealkylation sites (N-methyl/N-ethyl adjacent to an activating group) is 1. The predicted octanol–water partition coefficient (Wildman–Crippen LogP) is 6.20. The largest absolute Gasteiger partial charge is 0.339 e. The summed E-state index contributed by atoms with van der Waals surface area (Å²) in [6, 6.07) is 24.5. The summed E-state index contributed by atoms with van der Waals surface area (Å²) in [5.74, 6) is 0.622. The molecule has 35 heavy (non-hydrogen) atoms. The number of carbonyl (C=O) groups is 2. The summed E-state index contributed by atoms with van der Waals surface area (Å²) in [6.07, 6.45) is 5.06. The summed E-state index contributed by atoms with van der Waals surface area (Å²) in [5.41, 5.74) is 4.99. The maximum Gasteiger partial charge on any atom is 0.264 e. The number of benzene rings is 3. The third-order valence-electron chi connectivity index (χ3n) is 6.91. The number of carbonyl (C=O) groups excluding carboxylic acids is 2. The van der Waals surface area contributed by atoms with Gasteiger partial charge in [-0.25, -0.2) is 0 Å². The van der Waals surface area contributed by atoms with Crippen LogP contribution in [0.5, 0.6) is 0 Å². The molecule has 2 aliphatic heterocycles. The first-order valence-electron chi connectivity index (χ1n) is 12.2. The van der Waals surface area contributed by atoms with Crippen molar-refractivity contribution in [2.75, 3.05) is 25.0 Å². The van der Waals surface area contributed by atoms with E-state index >= 15 is 0 Å². The molecule has 3 aromatic carbocycles. The van der Waals surface area contributed by atoms with Crippen LogP contribution in [0.3, 0.4) is 0 Å². The summed E-state index contributed by atoms with van der Waals surface area (Å²) in [7, 11) is 1.79. The molecule has 0 saturated carbocycles. The summed E-state index contributed by atoms with van der Waals surface area (Å²) >= 11 is 1.47. The van der Waals surface area contributed by atoms with E-state index in [0.29, 0.717) is 16.4 Å². The van der Waals surface area contributed by atoms with Crippen molar-refractivity contribution in [3.8, 4) is 0 Å². The van der Waals surface area contributed by atoms with Crippen molar-refractivity contribution in [3.05, 3.63) is 100.0 Å². The van der Waals surface area contributed by atoms with Gasteiger partial charge in [-0.1, -0.05) is 71.9 Å². The van der Waals surface area contributed by atoms with Crippen LogP contribution in [-0.4, -0.2) is 36.9 Å². The van der Waals surface area contributed by atoms with Gasteiger partial charge in [0.05, 0.1) is 10.6 Å². The topological polar surface area (TPSA) is 40.6 Å². The van der Waals surface area contributed by atoms with Gasteiger partial charge in [0.2, 0.25) is 0 Å². The predicted molar refractivity (Wildman–Crippen MR) is 144 cm³/mol. The van der Waals surface area contributed by atoms with Crippen molar-refractivity contribution in [2.45, 2.75) is 31.1 Å². The Hall–Kier alpha value is -3.31.